The molecule has 2 aromatic heterocycles. The lowest BCUT2D eigenvalue weighted by Gasteiger charge is -2.12. The van der Waals surface area contributed by atoms with Gasteiger partial charge in [-0.1, -0.05) is 12.1 Å². The summed E-state index contributed by atoms with van der Waals surface area (Å²) < 4.78 is 15.2. The van der Waals surface area contributed by atoms with Gasteiger partial charge in [0.1, 0.15) is 11.4 Å². The Morgan fingerprint density at radius 2 is 2.16 bits per heavy atom. The number of hydrogen-bond donors (Lipinski definition) is 1. The first-order valence-electron chi connectivity index (χ1n) is 8.45. The number of aromatic nitrogens is 3. The fourth-order valence-corrected chi connectivity index (χ4v) is 3.07. The number of carbonyl (C=O) groups excluding carboxylic acids is 1. The van der Waals surface area contributed by atoms with E-state index in [1.807, 2.05) is 19.9 Å². The molecule has 1 atom stereocenters. The third-order valence-electron chi connectivity index (χ3n) is 4.70. The maximum Gasteiger partial charge on any atom is 0.256 e. The quantitative estimate of drug-likeness (QED) is 0.793. The summed E-state index contributed by atoms with van der Waals surface area (Å²) in [6.07, 6.45) is 3.87. The Hall–Kier alpha value is -2.76. The van der Waals surface area contributed by atoms with Crippen LogP contribution in [-0.4, -0.2) is 26.5 Å². The number of aryl methyl sites for hydroxylation is 1. The van der Waals surface area contributed by atoms with Crippen LogP contribution in [0, 0.1) is 18.7 Å². The van der Waals surface area contributed by atoms with Crippen molar-refractivity contribution in [3.05, 3.63) is 53.6 Å². The third-order valence-corrected chi connectivity index (χ3v) is 4.70. The van der Waals surface area contributed by atoms with Gasteiger partial charge in [-0.15, -0.1) is 0 Å². The van der Waals surface area contributed by atoms with E-state index in [9.17, 15) is 9.18 Å². The van der Waals surface area contributed by atoms with Gasteiger partial charge in [-0.2, -0.15) is 5.10 Å². The Bertz CT molecular complexity index is 961. The lowest BCUT2D eigenvalue weighted by atomic mass is 10.1. The van der Waals surface area contributed by atoms with Crippen molar-refractivity contribution in [2.45, 2.75) is 32.7 Å². The van der Waals surface area contributed by atoms with Crippen molar-refractivity contribution in [1.29, 1.82) is 0 Å². The molecule has 5 nitrogen and oxygen atoms in total. The van der Waals surface area contributed by atoms with E-state index in [1.54, 1.807) is 22.8 Å². The number of nitrogens with zero attached hydrogens (tertiary/aromatic N) is 3. The van der Waals surface area contributed by atoms with Crippen LogP contribution in [0.1, 0.15) is 35.8 Å². The highest BCUT2D eigenvalue weighted by atomic mass is 19.1. The molecule has 1 aliphatic carbocycles. The van der Waals surface area contributed by atoms with E-state index >= 15 is 0 Å². The summed E-state index contributed by atoms with van der Waals surface area (Å²) in [7, 11) is 0. The van der Waals surface area contributed by atoms with Crippen molar-refractivity contribution < 1.29 is 9.18 Å². The van der Waals surface area contributed by atoms with Crippen molar-refractivity contribution in [1.82, 2.24) is 19.9 Å². The molecule has 0 spiro atoms. The second-order valence-corrected chi connectivity index (χ2v) is 6.69. The van der Waals surface area contributed by atoms with Gasteiger partial charge in [0.15, 0.2) is 5.65 Å². The summed E-state index contributed by atoms with van der Waals surface area (Å²) in [4.78, 5) is 17.2. The number of benzene rings is 1. The fourth-order valence-electron chi connectivity index (χ4n) is 3.07. The summed E-state index contributed by atoms with van der Waals surface area (Å²) in [6.45, 7) is 3.91. The summed E-state index contributed by atoms with van der Waals surface area (Å²) >= 11 is 0. The van der Waals surface area contributed by atoms with E-state index in [4.69, 9.17) is 0 Å². The average Bonchev–Trinajstić information content (AvgIpc) is 3.34. The molecule has 1 aromatic carbocycles. The minimum Gasteiger partial charge on any atom is -0.349 e. The summed E-state index contributed by atoms with van der Waals surface area (Å²) in [5.41, 5.74) is 3.05. The topological polar surface area (TPSA) is 59.3 Å². The van der Waals surface area contributed by atoms with Crippen LogP contribution in [0.25, 0.3) is 16.9 Å². The number of nitrogens with one attached hydrogen (secondary N) is 1. The minimum atomic E-state index is -0.318. The second kappa shape index (κ2) is 5.95. The molecule has 1 saturated carbocycles. The van der Waals surface area contributed by atoms with Gasteiger partial charge >= 0.3 is 0 Å². The van der Waals surface area contributed by atoms with E-state index in [0.29, 0.717) is 28.4 Å². The number of hydrogen-bond acceptors (Lipinski definition) is 3. The molecule has 0 aliphatic heterocycles. The molecule has 1 aliphatic rings. The van der Waals surface area contributed by atoms with E-state index in [-0.39, 0.29) is 17.8 Å². The molecular formula is C19H19FN4O. The molecule has 1 N–H and O–H groups in total. The van der Waals surface area contributed by atoms with Gasteiger partial charge in [-0.05, 0) is 50.8 Å². The molecule has 1 amide bonds. The monoisotopic (exact) mass is 338 g/mol. The molecule has 6 heteroatoms. The number of rotatable bonds is 4. The maximum atomic E-state index is 13.5. The SMILES string of the molecule is Cc1cc(-c2cccc(F)c2)nc2c(C(=O)N[C@H](C)C3CC3)cnn12. The number of halogens is 1. The Labute approximate surface area is 144 Å². The van der Waals surface area contributed by atoms with Gasteiger partial charge < -0.3 is 5.32 Å². The minimum absolute atomic E-state index is 0.148. The first-order chi connectivity index (χ1) is 12.0. The average molecular weight is 338 g/mol. The van der Waals surface area contributed by atoms with Gasteiger partial charge in [0.05, 0.1) is 11.9 Å². The molecule has 2 heterocycles. The van der Waals surface area contributed by atoms with Crippen molar-refractivity contribution in [3.63, 3.8) is 0 Å². The maximum absolute atomic E-state index is 13.5. The van der Waals surface area contributed by atoms with Crippen molar-refractivity contribution in [2.24, 2.45) is 5.92 Å². The normalized spacial score (nSPS) is 15.3. The second-order valence-electron chi connectivity index (χ2n) is 6.69. The van der Waals surface area contributed by atoms with Crippen LogP contribution in [0.5, 0.6) is 0 Å². The molecule has 0 radical (unpaired) electrons. The molecule has 4 rings (SSSR count). The summed E-state index contributed by atoms with van der Waals surface area (Å²) in [5.74, 6) is 0.0857. The highest BCUT2D eigenvalue weighted by molar-refractivity contribution is 6.00. The third kappa shape index (κ3) is 2.99. The predicted molar refractivity (Wildman–Crippen MR) is 92.8 cm³/mol. The molecule has 0 saturated heterocycles. The largest absolute Gasteiger partial charge is 0.349 e. The lowest BCUT2D eigenvalue weighted by molar-refractivity contribution is 0.0937. The molecule has 3 aromatic rings. The molecule has 0 bridgehead atoms. The number of amides is 1. The van der Waals surface area contributed by atoms with Gasteiger partial charge in [0, 0.05) is 17.3 Å². The molecule has 128 valence electrons. The van der Waals surface area contributed by atoms with Crippen LogP contribution in [0.4, 0.5) is 4.39 Å². The molecule has 1 fully saturated rings. The van der Waals surface area contributed by atoms with Gasteiger partial charge in [0.25, 0.3) is 5.91 Å². The first kappa shape index (κ1) is 15.7. The molecule has 25 heavy (non-hydrogen) atoms. The lowest BCUT2D eigenvalue weighted by Crippen LogP contribution is -2.34. The predicted octanol–water partition coefficient (Wildman–Crippen LogP) is 3.37. The van der Waals surface area contributed by atoms with Crippen LogP contribution < -0.4 is 5.32 Å². The van der Waals surface area contributed by atoms with Crippen molar-refractivity contribution in [3.8, 4) is 11.3 Å². The van der Waals surface area contributed by atoms with E-state index < -0.39 is 0 Å². The van der Waals surface area contributed by atoms with Crippen LogP contribution in [0.15, 0.2) is 36.5 Å². The van der Waals surface area contributed by atoms with Crippen molar-refractivity contribution >= 4 is 11.6 Å². The summed E-state index contributed by atoms with van der Waals surface area (Å²) in [6, 6.07) is 8.26. The van der Waals surface area contributed by atoms with E-state index in [1.165, 1.54) is 12.1 Å². The van der Waals surface area contributed by atoms with Crippen LogP contribution >= 0.6 is 0 Å². The van der Waals surface area contributed by atoms with Gasteiger partial charge in [-0.25, -0.2) is 13.9 Å². The van der Waals surface area contributed by atoms with E-state index in [0.717, 1.165) is 18.5 Å². The zero-order valence-corrected chi connectivity index (χ0v) is 14.2. The number of fused-ring (bicyclic) bond motifs is 1. The summed E-state index contributed by atoms with van der Waals surface area (Å²) in [5, 5.41) is 7.31. The van der Waals surface area contributed by atoms with Gasteiger partial charge in [0.2, 0.25) is 0 Å². The fraction of sp³-hybridized carbons (Fsp3) is 0.316. The standard InChI is InChI=1S/C19H19FN4O/c1-11-8-17(14-4-3-5-15(20)9-14)23-18-16(10-21-24(11)18)19(25)22-12(2)13-6-7-13/h3-5,8-10,12-13H,6-7H2,1-2H3,(H,22,25)/t12-/m1/s1. The Morgan fingerprint density at radius 1 is 1.36 bits per heavy atom. The number of carbonyl (C=O) groups is 1. The van der Waals surface area contributed by atoms with Crippen molar-refractivity contribution in [2.75, 3.05) is 0 Å². The Morgan fingerprint density at radius 3 is 2.88 bits per heavy atom. The zero-order valence-electron chi connectivity index (χ0n) is 14.2. The Balaban J connectivity index is 1.74. The zero-order chi connectivity index (χ0) is 17.6. The van der Waals surface area contributed by atoms with Gasteiger partial charge in [-0.3, -0.25) is 4.79 Å². The van der Waals surface area contributed by atoms with Crippen LogP contribution in [0.2, 0.25) is 0 Å². The van der Waals surface area contributed by atoms with E-state index in [2.05, 4.69) is 15.4 Å². The highest BCUT2D eigenvalue weighted by Gasteiger charge is 2.29. The first-order valence-corrected chi connectivity index (χ1v) is 8.45. The Kier molecular flexibility index (Phi) is 3.75. The molecule has 0 unspecified atom stereocenters. The molecular weight excluding hydrogens is 319 g/mol. The highest BCUT2D eigenvalue weighted by Crippen LogP contribution is 2.32. The van der Waals surface area contributed by atoms with Crippen LogP contribution in [-0.2, 0) is 0 Å². The van der Waals surface area contributed by atoms with Crippen LogP contribution in [0.3, 0.4) is 0 Å². The smallest absolute Gasteiger partial charge is 0.256 e.